The number of anilines is 1. The lowest BCUT2D eigenvalue weighted by molar-refractivity contribution is -0.146. The second-order valence-electron chi connectivity index (χ2n) is 9.43. The summed E-state index contributed by atoms with van der Waals surface area (Å²) in [5.41, 5.74) is 8.61. The molecule has 2 aromatic heterocycles. The van der Waals surface area contributed by atoms with Gasteiger partial charge in [-0.2, -0.15) is 13.2 Å². The summed E-state index contributed by atoms with van der Waals surface area (Å²) in [4.78, 5) is 35.3. The van der Waals surface area contributed by atoms with Gasteiger partial charge in [-0.25, -0.2) is 9.97 Å². The molecule has 0 radical (unpaired) electrons. The van der Waals surface area contributed by atoms with Crippen LogP contribution in [0.2, 0.25) is 0 Å². The van der Waals surface area contributed by atoms with E-state index < -0.39 is 12.0 Å². The Morgan fingerprint density at radius 1 is 1.10 bits per heavy atom. The fourth-order valence-electron chi connectivity index (χ4n) is 4.92. The van der Waals surface area contributed by atoms with Gasteiger partial charge in [0.05, 0.1) is 35.9 Å². The number of fused-ring (bicyclic) bond motifs is 1. The molecule has 4 aromatic rings. The number of para-hydroxylation sites is 2. The number of nitrogen functional groups attached to an aromatic ring is 1. The largest absolute Gasteiger partial charge is 0.449 e. The topological polar surface area (TPSA) is 106 Å². The minimum absolute atomic E-state index is 0.0349. The molecule has 1 aliphatic heterocycles. The molecule has 8 nitrogen and oxygen atoms in total. The van der Waals surface area contributed by atoms with Crippen LogP contribution in [0.25, 0.3) is 11.0 Å². The second kappa shape index (κ2) is 11.0. The molecule has 2 amide bonds. The van der Waals surface area contributed by atoms with Crippen LogP contribution in [0.5, 0.6) is 0 Å². The van der Waals surface area contributed by atoms with E-state index in [1.807, 2.05) is 23.1 Å². The fourth-order valence-corrected chi connectivity index (χ4v) is 5.65. The lowest BCUT2D eigenvalue weighted by Crippen LogP contribution is -2.32. The minimum atomic E-state index is -4.60. The molecule has 3 N–H and O–H groups in total. The number of benzene rings is 2. The molecule has 2 aromatic carbocycles. The smallest absolute Gasteiger partial charge is 0.399 e. The maximum absolute atomic E-state index is 13.6. The summed E-state index contributed by atoms with van der Waals surface area (Å²) in [5, 5.41) is 4.98. The number of nitrogens with two attached hydrogens (primary N) is 1. The number of carbonyl (C=O) groups is 2. The van der Waals surface area contributed by atoms with Crippen LogP contribution < -0.4 is 11.1 Å². The van der Waals surface area contributed by atoms with Gasteiger partial charge in [-0.05, 0) is 42.7 Å². The number of thiazole rings is 1. The number of hydrogen-bond donors (Lipinski definition) is 2. The van der Waals surface area contributed by atoms with Gasteiger partial charge < -0.3 is 20.5 Å². The number of alkyl halides is 3. The zero-order valence-electron chi connectivity index (χ0n) is 20.9. The molecular weight excluding hydrogens is 529 g/mol. The average molecular weight is 557 g/mol. The third-order valence-corrected chi connectivity index (χ3v) is 7.60. The first-order chi connectivity index (χ1) is 18.7. The standard InChI is InChI=1S/C27H27F3N6O2S/c28-27(29,30)26-34-20-7-1-2-8-22(20)36(26)15-19-16-39-24(33-19)14-32-23(37)10-11-25(38)35-12-4-9-21(35)17-5-3-6-18(31)13-17/h1-3,5-8,13,16,21H,4,9-12,14-15,31H2,(H,32,37). The average Bonchev–Trinajstić information content (AvgIpc) is 3.65. The number of carbonyl (C=O) groups excluding carboxylic acids is 2. The van der Waals surface area contributed by atoms with E-state index in [0.717, 1.165) is 23.0 Å². The lowest BCUT2D eigenvalue weighted by atomic mass is 10.0. The Morgan fingerprint density at radius 3 is 2.72 bits per heavy atom. The Bertz CT molecular complexity index is 1500. The van der Waals surface area contributed by atoms with E-state index in [-0.39, 0.29) is 49.3 Å². The monoisotopic (exact) mass is 556 g/mol. The Hall–Kier alpha value is -3.93. The van der Waals surface area contributed by atoms with E-state index in [4.69, 9.17) is 5.73 Å². The van der Waals surface area contributed by atoms with Crippen LogP contribution >= 0.6 is 11.3 Å². The molecule has 3 heterocycles. The highest BCUT2D eigenvalue weighted by molar-refractivity contribution is 7.09. The first kappa shape index (κ1) is 26.7. The molecule has 1 aliphatic rings. The third kappa shape index (κ3) is 6.06. The Labute approximate surface area is 226 Å². The van der Waals surface area contributed by atoms with Crippen molar-refractivity contribution < 1.29 is 22.8 Å². The van der Waals surface area contributed by atoms with Crippen molar-refractivity contribution in [2.24, 2.45) is 0 Å². The van der Waals surface area contributed by atoms with E-state index in [0.29, 0.717) is 28.5 Å². The van der Waals surface area contributed by atoms with Crippen LogP contribution in [0.4, 0.5) is 18.9 Å². The molecule has 1 atom stereocenters. The number of halogens is 3. The summed E-state index contributed by atoms with van der Waals surface area (Å²) in [6.45, 7) is 0.673. The molecule has 0 spiro atoms. The summed E-state index contributed by atoms with van der Waals surface area (Å²) < 4.78 is 41.8. The molecular formula is C27H27F3N6O2S. The van der Waals surface area contributed by atoms with Crippen LogP contribution in [-0.4, -0.2) is 37.8 Å². The predicted molar refractivity (Wildman–Crippen MR) is 142 cm³/mol. The van der Waals surface area contributed by atoms with Crippen molar-refractivity contribution in [3.8, 4) is 0 Å². The normalized spacial score (nSPS) is 15.7. The number of aromatic nitrogens is 3. The zero-order chi connectivity index (χ0) is 27.6. The molecule has 1 fully saturated rings. The lowest BCUT2D eigenvalue weighted by Gasteiger charge is -2.25. The van der Waals surface area contributed by atoms with Gasteiger partial charge in [0.1, 0.15) is 5.01 Å². The summed E-state index contributed by atoms with van der Waals surface area (Å²) in [6.07, 6.45) is -2.74. The fraction of sp³-hybridized carbons (Fsp3) is 0.333. The number of nitrogens with zero attached hydrogens (tertiary/aromatic N) is 4. The molecule has 204 valence electrons. The Morgan fingerprint density at radius 2 is 1.92 bits per heavy atom. The third-order valence-electron chi connectivity index (χ3n) is 6.70. The van der Waals surface area contributed by atoms with Crippen LogP contribution in [0.3, 0.4) is 0 Å². The van der Waals surface area contributed by atoms with Crippen molar-refractivity contribution in [1.29, 1.82) is 0 Å². The zero-order valence-corrected chi connectivity index (χ0v) is 21.8. The van der Waals surface area contributed by atoms with Crippen LogP contribution in [0, 0.1) is 0 Å². The summed E-state index contributed by atoms with van der Waals surface area (Å²) in [7, 11) is 0. The van der Waals surface area contributed by atoms with Crippen molar-refractivity contribution in [2.45, 2.75) is 51.0 Å². The summed E-state index contributed by atoms with van der Waals surface area (Å²) >= 11 is 1.25. The molecule has 0 saturated carbocycles. The first-order valence-corrected chi connectivity index (χ1v) is 13.4. The molecule has 5 rings (SSSR count). The highest BCUT2D eigenvalue weighted by Crippen LogP contribution is 2.34. The van der Waals surface area contributed by atoms with Crippen molar-refractivity contribution in [3.05, 3.63) is 76.0 Å². The number of imidazole rings is 1. The highest BCUT2D eigenvalue weighted by Gasteiger charge is 2.37. The highest BCUT2D eigenvalue weighted by atomic mass is 32.1. The van der Waals surface area contributed by atoms with Gasteiger partial charge in [-0.15, -0.1) is 11.3 Å². The van der Waals surface area contributed by atoms with E-state index in [2.05, 4.69) is 15.3 Å². The van der Waals surface area contributed by atoms with Crippen LogP contribution in [0.1, 0.15) is 53.8 Å². The quantitative estimate of drug-likeness (QED) is 0.300. The Balaban J connectivity index is 1.15. The van der Waals surface area contributed by atoms with Crippen molar-refractivity contribution >= 4 is 39.9 Å². The number of likely N-dealkylation sites (tertiary alicyclic amines) is 1. The number of nitrogens with one attached hydrogen (secondary N) is 1. The van der Waals surface area contributed by atoms with Crippen LogP contribution in [0.15, 0.2) is 53.9 Å². The maximum atomic E-state index is 13.6. The van der Waals surface area contributed by atoms with E-state index in [9.17, 15) is 22.8 Å². The van der Waals surface area contributed by atoms with Crippen molar-refractivity contribution in [1.82, 2.24) is 24.8 Å². The van der Waals surface area contributed by atoms with Gasteiger partial charge in [0.2, 0.25) is 17.6 Å². The van der Waals surface area contributed by atoms with Gasteiger partial charge in [0, 0.05) is 30.5 Å². The van der Waals surface area contributed by atoms with Gasteiger partial charge in [0.25, 0.3) is 0 Å². The van der Waals surface area contributed by atoms with Gasteiger partial charge in [-0.1, -0.05) is 24.3 Å². The predicted octanol–water partition coefficient (Wildman–Crippen LogP) is 4.90. The molecule has 0 aliphatic carbocycles. The minimum Gasteiger partial charge on any atom is -0.399 e. The van der Waals surface area contributed by atoms with Crippen molar-refractivity contribution in [3.63, 3.8) is 0 Å². The van der Waals surface area contributed by atoms with E-state index in [1.165, 1.54) is 17.4 Å². The second-order valence-corrected chi connectivity index (χ2v) is 10.4. The molecule has 12 heteroatoms. The number of rotatable bonds is 8. The molecule has 1 saturated heterocycles. The molecule has 1 unspecified atom stereocenters. The number of amides is 2. The van der Waals surface area contributed by atoms with Gasteiger partial charge in [0.15, 0.2) is 0 Å². The first-order valence-electron chi connectivity index (χ1n) is 12.6. The van der Waals surface area contributed by atoms with Crippen LogP contribution in [-0.2, 0) is 28.9 Å². The molecule has 0 bridgehead atoms. The van der Waals surface area contributed by atoms with Gasteiger partial charge in [-0.3, -0.25) is 9.59 Å². The van der Waals surface area contributed by atoms with E-state index >= 15 is 0 Å². The number of hydrogen-bond acceptors (Lipinski definition) is 6. The summed E-state index contributed by atoms with van der Waals surface area (Å²) in [5.74, 6) is -1.36. The van der Waals surface area contributed by atoms with Crippen molar-refractivity contribution in [2.75, 3.05) is 12.3 Å². The SMILES string of the molecule is Nc1cccc(C2CCCN2C(=O)CCC(=O)NCc2nc(Cn3c(C(F)(F)F)nc4ccccc43)cs2)c1. The molecule has 39 heavy (non-hydrogen) atoms. The summed E-state index contributed by atoms with van der Waals surface area (Å²) in [6, 6.07) is 13.9. The van der Waals surface area contributed by atoms with E-state index in [1.54, 1.807) is 29.6 Å². The maximum Gasteiger partial charge on any atom is 0.449 e. The Kier molecular flexibility index (Phi) is 7.56. The van der Waals surface area contributed by atoms with Gasteiger partial charge >= 0.3 is 6.18 Å².